The highest BCUT2D eigenvalue weighted by Crippen LogP contribution is 2.34. The Hall–Kier alpha value is -1.95. The van der Waals surface area contributed by atoms with Gasteiger partial charge in [0.05, 0.1) is 6.04 Å². The van der Waals surface area contributed by atoms with Crippen molar-refractivity contribution in [3.8, 4) is 5.69 Å². The molecule has 4 nitrogen and oxygen atoms in total. The van der Waals surface area contributed by atoms with Crippen LogP contribution in [0, 0.1) is 4.77 Å². The Morgan fingerprint density at radius 1 is 1.12 bits per heavy atom. The van der Waals surface area contributed by atoms with Gasteiger partial charge in [0.2, 0.25) is 0 Å². The van der Waals surface area contributed by atoms with Gasteiger partial charge < -0.3 is 0 Å². The van der Waals surface area contributed by atoms with E-state index in [4.69, 9.17) is 23.8 Å². The Morgan fingerprint density at radius 3 is 2.68 bits per heavy atom. The van der Waals surface area contributed by atoms with Crippen LogP contribution in [-0.2, 0) is 6.54 Å². The maximum atomic E-state index is 6.36. The fourth-order valence-electron chi connectivity index (χ4n) is 3.51. The highest BCUT2D eigenvalue weighted by Gasteiger charge is 2.30. The first kappa shape index (κ1) is 16.5. The van der Waals surface area contributed by atoms with Crippen LogP contribution >= 0.6 is 23.8 Å². The minimum Gasteiger partial charge on any atom is -0.289 e. The average Bonchev–Trinajstić information content (AvgIpc) is 3.24. The Labute approximate surface area is 157 Å². The van der Waals surface area contributed by atoms with Crippen LogP contribution in [0.25, 0.3) is 5.69 Å². The zero-order valence-corrected chi connectivity index (χ0v) is 15.3. The van der Waals surface area contributed by atoms with Gasteiger partial charge in [-0.15, -0.1) is 0 Å². The number of aromatic nitrogens is 3. The van der Waals surface area contributed by atoms with Crippen LogP contribution in [0.3, 0.4) is 0 Å². The molecule has 1 aliphatic heterocycles. The normalized spacial score (nSPS) is 17.9. The van der Waals surface area contributed by atoms with E-state index in [0.29, 0.717) is 4.77 Å². The average molecular weight is 371 g/mol. The molecular formula is C19H19ClN4S. The predicted molar refractivity (Wildman–Crippen MR) is 103 cm³/mol. The Bertz CT molecular complexity index is 918. The van der Waals surface area contributed by atoms with Gasteiger partial charge in [-0.1, -0.05) is 48.0 Å². The summed E-state index contributed by atoms with van der Waals surface area (Å²) in [4.78, 5) is 2.44. The van der Waals surface area contributed by atoms with Crippen LogP contribution < -0.4 is 0 Å². The molecule has 0 saturated carbocycles. The molecule has 2 heterocycles. The van der Waals surface area contributed by atoms with E-state index in [1.807, 2.05) is 41.0 Å². The molecule has 0 amide bonds. The highest BCUT2D eigenvalue weighted by atomic mass is 35.5. The van der Waals surface area contributed by atoms with Gasteiger partial charge in [-0.25, -0.2) is 0 Å². The van der Waals surface area contributed by atoms with Crippen molar-refractivity contribution in [1.29, 1.82) is 0 Å². The number of nitrogens with zero attached hydrogens (tertiary/aromatic N) is 3. The number of likely N-dealkylation sites (tertiary alicyclic amines) is 1. The third kappa shape index (κ3) is 3.27. The van der Waals surface area contributed by atoms with Crippen molar-refractivity contribution < 1.29 is 0 Å². The van der Waals surface area contributed by atoms with Gasteiger partial charge in [0, 0.05) is 17.3 Å². The molecule has 1 saturated heterocycles. The summed E-state index contributed by atoms with van der Waals surface area (Å²) in [6.45, 7) is 1.85. The number of H-pyrrole nitrogens is 1. The summed E-state index contributed by atoms with van der Waals surface area (Å²) in [5, 5.41) is 8.35. The summed E-state index contributed by atoms with van der Waals surface area (Å²) in [5.41, 5.74) is 2.19. The van der Waals surface area contributed by atoms with Gasteiger partial charge in [-0.2, -0.15) is 5.10 Å². The largest absolute Gasteiger partial charge is 0.289 e. The quantitative estimate of drug-likeness (QED) is 0.662. The molecule has 4 rings (SSSR count). The van der Waals surface area contributed by atoms with Crippen molar-refractivity contribution >= 4 is 23.8 Å². The standard InChI is InChI=1S/C19H19ClN4S/c20-16-10-5-4-7-14(16)13-23-12-6-11-17(23)18-21-22-19(25)24(18)15-8-2-1-3-9-15/h1-5,7-10,17H,6,11-13H2,(H,22,25)/t17-/m0/s1. The maximum absolute atomic E-state index is 6.36. The number of aromatic amines is 1. The fourth-order valence-corrected chi connectivity index (χ4v) is 3.95. The van der Waals surface area contributed by atoms with E-state index >= 15 is 0 Å². The summed E-state index contributed by atoms with van der Waals surface area (Å²) in [6, 6.07) is 18.4. The van der Waals surface area contributed by atoms with Crippen molar-refractivity contribution in [1.82, 2.24) is 19.7 Å². The maximum Gasteiger partial charge on any atom is 0.199 e. The molecule has 1 atom stereocenters. The summed E-state index contributed by atoms with van der Waals surface area (Å²) >= 11 is 11.8. The predicted octanol–water partition coefficient (Wildman–Crippen LogP) is 4.92. The molecule has 1 aromatic heterocycles. The van der Waals surface area contributed by atoms with Crippen LogP contribution in [0.2, 0.25) is 5.02 Å². The zero-order chi connectivity index (χ0) is 17.2. The van der Waals surface area contributed by atoms with Crippen molar-refractivity contribution in [3.63, 3.8) is 0 Å². The van der Waals surface area contributed by atoms with Gasteiger partial charge in [-0.3, -0.25) is 14.6 Å². The summed E-state index contributed by atoms with van der Waals surface area (Å²) in [6.07, 6.45) is 2.21. The molecule has 1 N–H and O–H groups in total. The van der Waals surface area contributed by atoms with Crippen LogP contribution in [0.5, 0.6) is 0 Å². The topological polar surface area (TPSA) is 36.9 Å². The van der Waals surface area contributed by atoms with Gasteiger partial charge >= 0.3 is 0 Å². The van der Waals surface area contributed by atoms with E-state index in [1.54, 1.807) is 0 Å². The second-order valence-electron chi connectivity index (χ2n) is 6.28. The molecule has 1 fully saturated rings. The van der Waals surface area contributed by atoms with Gasteiger partial charge in [0.15, 0.2) is 10.6 Å². The molecule has 0 unspecified atom stereocenters. The molecule has 0 aliphatic carbocycles. The van der Waals surface area contributed by atoms with E-state index < -0.39 is 0 Å². The monoisotopic (exact) mass is 370 g/mol. The Kier molecular flexibility index (Phi) is 4.70. The lowest BCUT2D eigenvalue weighted by atomic mass is 10.1. The van der Waals surface area contributed by atoms with Crippen molar-refractivity contribution in [2.45, 2.75) is 25.4 Å². The van der Waals surface area contributed by atoms with E-state index in [2.05, 4.69) is 33.3 Å². The summed E-state index contributed by atoms with van der Waals surface area (Å²) < 4.78 is 2.68. The second kappa shape index (κ2) is 7.12. The third-order valence-electron chi connectivity index (χ3n) is 4.71. The summed E-state index contributed by atoms with van der Waals surface area (Å²) in [5.74, 6) is 0.973. The number of hydrogen-bond donors (Lipinski definition) is 1. The van der Waals surface area contributed by atoms with Crippen LogP contribution in [0.4, 0.5) is 0 Å². The number of halogens is 1. The number of rotatable bonds is 4. The second-order valence-corrected chi connectivity index (χ2v) is 7.07. The SMILES string of the molecule is S=c1[nH]nc([C@@H]2CCCN2Cc2ccccc2Cl)n1-c1ccccc1. The van der Waals surface area contributed by atoms with Gasteiger partial charge in [-0.05, 0) is 55.4 Å². The molecule has 1 aliphatic rings. The first-order valence-electron chi connectivity index (χ1n) is 8.44. The van der Waals surface area contributed by atoms with Crippen LogP contribution in [0.15, 0.2) is 54.6 Å². The molecule has 0 radical (unpaired) electrons. The molecule has 128 valence electrons. The Morgan fingerprint density at radius 2 is 1.88 bits per heavy atom. The molecule has 0 spiro atoms. The lowest BCUT2D eigenvalue weighted by molar-refractivity contribution is 0.238. The molecule has 0 bridgehead atoms. The minimum atomic E-state index is 0.226. The Balaban J connectivity index is 1.68. The molecule has 25 heavy (non-hydrogen) atoms. The summed E-state index contributed by atoms with van der Waals surface area (Å²) in [7, 11) is 0. The molecular weight excluding hydrogens is 352 g/mol. The van der Waals surface area contributed by atoms with E-state index in [1.165, 1.54) is 0 Å². The smallest absolute Gasteiger partial charge is 0.199 e. The van der Waals surface area contributed by atoms with E-state index in [0.717, 1.165) is 48.0 Å². The first-order valence-corrected chi connectivity index (χ1v) is 9.23. The first-order chi connectivity index (χ1) is 12.2. The van der Waals surface area contributed by atoms with E-state index in [9.17, 15) is 0 Å². The minimum absolute atomic E-state index is 0.226. The van der Waals surface area contributed by atoms with Crippen molar-refractivity contribution in [2.24, 2.45) is 0 Å². The highest BCUT2D eigenvalue weighted by molar-refractivity contribution is 7.71. The van der Waals surface area contributed by atoms with Gasteiger partial charge in [0.1, 0.15) is 0 Å². The lowest BCUT2D eigenvalue weighted by Crippen LogP contribution is -2.25. The molecule has 2 aromatic carbocycles. The van der Waals surface area contributed by atoms with Crippen LogP contribution in [0.1, 0.15) is 30.3 Å². The van der Waals surface area contributed by atoms with E-state index in [-0.39, 0.29) is 6.04 Å². The molecule has 3 aromatic rings. The number of nitrogens with one attached hydrogen (secondary N) is 1. The number of hydrogen-bond acceptors (Lipinski definition) is 3. The fraction of sp³-hybridized carbons (Fsp3) is 0.263. The zero-order valence-electron chi connectivity index (χ0n) is 13.7. The van der Waals surface area contributed by atoms with Gasteiger partial charge in [0.25, 0.3) is 0 Å². The number of para-hydroxylation sites is 1. The molecule has 6 heteroatoms. The lowest BCUT2D eigenvalue weighted by Gasteiger charge is -2.24. The number of benzene rings is 2. The van der Waals surface area contributed by atoms with Crippen LogP contribution in [-0.4, -0.2) is 26.2 Å². The van der Waals surface area contributed by atoms with Crippen molar-refractivity contribution in [2.75, 3.05) is 6.54 Å². The third-order valence-corrected chi connectivity index (χ3v) is 5.35. The van der Waals surface area contributed by atoms with Crippen molar-refractivity contribution in [3.05, 3.63) is 75.8 Å².